The average molecular weight is 362 g/mol. The lowest BCUT2D eigenvalue weighted by atomic mass is 9.91. The van der Waals surface area contributed by atoms with Gasteiger partial charge in [-0.3, -0.25) is 9.69 Å². The molecule has 2 aromatic carbocycles. The van der Waals surface area contributed by atoms with Crippen LogP contribution in [0.4, 0.5) is 0 Å². The molecule has 0 radical (unpaired) electrons. The predicted octanol–water partition coefficient (Wildman–Crippen LogP) is 4.35. The smallest absolute Gasteiger partial charge is 0.255 e. The van der Waals surface area contributed by atoms with E-state index in [2.05, 4.69) is 47.3 Å². The molecule has 1 saturated carbocycles. The zero-order valence-corrected chi connectivity index (χ0v) is 15.7. The summed E-state index contributed by atoms with van der Waals surface area (Å²) in [5, 5.41) is 1.63. The molecule has 1 N–H and O–H groups in total. The van der Waals surface area contributed by atoms with Gasteiger partial charge in [0.2, 0.25) is 0 Å². The van der Waals surface area contributed by atoms with Crippen molar-refractivity contribution in [3.8, 4) is 5.75 Å². The summed E-state index contributed by atoms with van der Waals surface area (Å²) < 4.78 is 6.22. The Balaban J connectivity index is 1.33. The number of rotatable bonds is 5. The van der Waals surface area contributed by atoms with Gasteiger partial charge < -0.3 is 9.72 Å². The summed E-state index contributed by atoms with van der Waals surface area (Å²) in [5.74, 6) is 0.856. The number of nitrogens with one attached hydrogen (secondary N) is 1. The highest BCUT2D eigenvalue weighted by Crippen LogP contribution is 2.28. The number of pyridine rings is 1. The van der Waals surface area contributed by atoms with Crippen LogP contribution in [0, 0.1) is 0 Å². The van der Waals surface area contributed by atoms with Crippen LogP contribution in [0.1, 0.15) is 31.2 Å². The van der Waals surface area contributed by atoms with Crippen molar-refractivity contribution in [1.29, 1.82) is 0 Å². The maximum atomic E-state index is 11.8. The minimum Gasteiger partial charge on any atom is -0.490 e. The van der Waals surface area contributed by atoms with Gasteiger partial charge in [-0.15, -0.1) is 0 Å². The Hall–Kier alpha value is -2.59. The number of hydrogen-bond acceptors (Lipinski definition) is 3. The molecular formula is C23H26N2O2. The van der Waals surface area contributed by atoms with Crippen LogP contribution in [0.5, 0.6) is 5.75 Å². The maximum Gasteiger partial charge on any atom is 0.255 e. The Morgan fingerprint density at radius 2 is 1.81 bits per heavy atom. The first kappa shape index (κ1) is 17.8. The molecule has 140 valence electrons. The highest BCUT2D eigenvalue weighted by atomic mass is 16.5. The van der Waals surface area contributed by atoms with E-state index >= 15 is 0 Å². The van der Waals surface area contributed by atoms with Crippen molar-refractivity contribution in [2.24, 2.45) is 0 Å². The Morgan fingerprint density at radius 1 is 1.04 bits per heavy atom. The second kappa shape index (κ2) is 7.97. The number of hydrogen-bond donors (Lipinski definition) is 1. The molecular weight excluding hydrogens is 336 g/mol. The quantitative estimate of drug-likeness (QED) is 0.734. The van der Waals surface area contributed by atoms with Crippen LogP contribution in [0.15, 0.2) is 65.6 Å². The first-order chi connectivity index (χ1) is 13.2. The summed E-state index contributed by atoms with van der Waals surface area (Å²) in [4.78, 5) is 17.0. The van der Waals surface area contributed by atoms with Crippen LogP contribution in [-0.4, -0.2) is 29.1 Å². The highest BCUT2D eigenvalue weighted by molar-refractivity contribution is 5.82. The van der Waals surface area contributed by atoms with Gasteiger partial charge in [-0.25, -0.2) is 0 Å². The molecule has 0 atom stereocenters. The van der Waals surface area contributed by atoms with Gasteiger partial charge in [-0.05, 0) is 67.9 Å². The molecule has 0 unspecified atom stereocenters. The number of ether oxygens (including phenoxy) is 1. The van der Waals surface area contributed by atoms with Crippen LogP contribution < -0.4 is 10.3 Å². The molecule has 1 heterocycles. The lowest BCUT2D eigenvalue weighted by Gasteiger charge is -2.34. The number of aromatic nitrogens is 1. The second-order valence-corrected chi connectivity index (χ2v) is 7.50. The van der Waals surface area contributed by atoms with E-state index < -0.39 is 0 Å². The standard InChI is InChI=1S/C23H26N2O2/c1-25(16-17-5-3-2-4-6-17)19-7-9-20(10-8-19)27-21-11-12-22-18(15-21)13-14-24-23(22)26/h2-6,11-15,19-20H,7-10,16H2,1H3,(H,24,26). The fourth-order valence-corrected chi connectivity index (χ4v) is 4.04. The molecule has 1 aliphatic rings. The van der Waals surface area contributed by atoms with Crippen LogP contribution >= 0.6 is 0 Å². The van der Waals surface area contributed by atoms with Crippen molar-refractivity contribution < 1.29 is 4.74 Å². The second-order valence-electron chi connectivity index (χ2n) is 7.50. The molecule has 4 rings (SSSR count). The molecule has 4 heteroatoms. The largest absolute Gasteiger partial charge is 0.490 e. The lowest BCUT2D eigenvalue weighted by Crippen LogP contribution is -2.37. The molecule has 1 aliphatic carbocycles. The van der Waals surface area contributed by atoms with Crippen molar-refractivity contribution in [2.75, 3.05) is 7.05 Å². The third-order valence-electron chi connectivity index (χ3n) is 5.59. The third kappa shape index (κ3) is 4.22. The van der Waals surface area contributed by atoms with Gasteiger partial charge in [-0.2, -0.15) is 0 Å². The van der Waals surface area contributed by atoms with Gasteiger partial charge in [-0.1, -0.05) is 30.3 Å². The first-order valence-corrected chi connectivity index (χ1v) is 9.71. The summed E-state index contributed by atoms with van der Waals surface area (Å²) in [7, 11) is 2.22. The van der Waals surface area contributed by atoms with E-state index in [-0.39, 0.29) is 11.7 Å². The molecule has 0 saturated heterocycles. The summed E-state index contributed by atoms with van der Waals surface area (Å²) in [6.45, 7) is 0.996. The van der Waals surface area contributed by atoms with E-state index in [1.54, 1.807) is 6.20 Å². The minimum atomic E-state index is -0.0546. The summed E-state index contributed by atoms with van der Waals surface area (Å²) in [5.41, 5.74) is 1.31. The van der Waals surface area contributed by atoms with Crippen LogP contribution in [0.3, 0.4) is 0 Å². The normalized spacial score (nSPS) is 20.1. The molecule has 3 aromatic rings. The zero-order valence-electron chi connectivity index (χ0n) is 15.7. The van der Waals surface area contributed by atoms with E-state index in [0.29, 0.717) is 11.4 Å². The Bertz CT molecular complexity index is 943. The number of nitrogens with zero attached hydrogens (tertiary/aromatic N) is 1. The fourth-order valence-electron chi connectivity index (χ4n) is 4.04. The van der Waals surface area contributed by atoms with Crippen LogP contribution in [0.25, 0.3) is 10.8 Å². The summed E-state index contributed by atoms with van der Waals surface area (Å²) in [6.07, 6.45) is 6.38. The maximum absolute atomic E-state index is 11.8. The monoisotopic (exact) mass is 362 g/mol. The first-order valence-electron chi connectivity index (χ1n) is 9.71. The van der Waals surface area contributed by atoms with E-state index in [1.165, 1.54) is 5.56 Å². The molecule has 0 aliphatic heterocycles. The third-order valence-corrected chi connectivity index (χ3v) is 5.59. The van der Waals surface area contributed by atoms with Crippen molar-refractivity contribution >= 4 is 10.8 Å². The van der Waals surface area contributed by atoms with E-state index in [4.69, 9.17) is 4.74 Å². The van der Waals surface area contributed by atoms with Gasteiger partial charge >= 0.3 is 0 Å². The number of fused-ring (bicyclic) bond motifs is 1. The van der Waals surface area contributed by atoms with Gasteiger partial charge in [0.25, 0.3) is 5.56 Å². The average Bonchev–Trinajstić information content (AvgIpc) is 2.69. The number of aromatic amines is 1. The molecule has 1 aromatic heterocycles. The number of benzene rings is 2. The van der Waals surface area contributed by atoms with Crippen molar-refractivity contribution in [3.63, 3.8) is 0 Å². The van der Waals surface area contributed by atoms with Crippen molar-refractivity contribution in [1.82, 2.24) is 9.88 Å². The molecule has 0 amide bonds. The van der Waals surface area contributed by atoms with E-state index in [1.807, 2.05) is 24.3 Å². The fraction of sp³-hybridized carbons (Fsp3) is 0.348. The van der Waals surface area contributed by atoms with Gasteiger partial charge in [0.1, 0.15) is 5.75 Å². The van der Waals surface area contributed by atoms with Crippen molar-refractivity contribution in [3.05, 3.63) is 76.7 Å². The zero-order chi connectivity index (χ0) is 18.6. The summed E-state index contributed by atoms with van der Waals surface area (Å²) in [6, 6.07) is 18.9. The molecule has 1 fully saturated rings. The van der Waals surface area contributed by atoms with E-state index in [9.17, 15) is 4.79 Å². The predicted molar refractivity (Wildman–Crippen MR) is 109 cm³/mol. The van der Waals surface area contributed by atoms with E-state index in [0.717, 1.165) is 43.4 Å². The SMILES string of the molecule is CN(Cc1ccccc1)C1CCC(Oc2ccc3c(=O)[nH]ccc3c2)CC1. The highest BCUT2D eigenvalue weighted by Gasteiger charge is 2.25. The Morgan fingerprint density at radius 3 is 2.59 bits per heavy atom. The van der Waals surface area contributed by atoms with Gasteiger partial charge in [0, 0.05) is 24.2 Å². The molecule has 0 spiro atoms. The molecule has 4 nitrogen and oxygen atoms in total. The van der Waals surface area contributed by atoms with Crippen LogP contribution in [-0.2, 0) is 6.54 Å². The van der Waals surface area contributed by atoms with Gasteiger partial charge in [0.15, 0.2) is 0 Å². The minimum absolute atomic E-state index is 0.0546. The summed E-state index contributed by atoms with van der Waals surface area (Å²) >= 11 is 0. The Kier molecular flexibility index (Phi) is 5.26. The van der Waals surface area contributed by atoms with Gasteiger partial charge in [0.05, 0.1) is 6.10 Å². The molecule has 27 heavy (non-hydrogen) atoms. The molecule has 0 bridgehead atoms. The number of H-pyrrole nitrogens is 1. The topological polar surface area (TPSA) is 45.3 Å². The van der Waals surface area contributed by atoms with Crippen molar-refractivity contribution in [2.45, 2.75) is 44.4 Å². The van der Waals surface area contributed by atoms with Crippen LogP contribution in [0.2, 0.25) is 0 Å². The lowest BCUT2D eigenvalue weighted by molar-refractivity contribution is 0.0979. The Labute approximate surface area is 159 Å².